The lowest BCUT2D eigenvalue weighted by molar-refractivity contribution is 0.416. The Morgan fingerprint density at radius 2 is 1.75 bits per heavy atom. The number of aromatic nitrogens is 6. The fourth-order valence-electron chi connectivity index (χ4n) is 3.24. The Balaban J connectivity index is 1.62. The Bertz CT molecular complexity index is 1100. The predicted octanol–water partition coefficient (Wildman–Crippen LogP) is 3.67. The van der Waals surface area contributed by atoms with Gasteiger partial charge in [0.15, 0.2) is 23.0 Å². The molecule has 0 radical (unpaired) electrons. The van der Waals surface area contributed by atoms with Gasteiger partial charge in [0.2, 0.25) is 0 Å². The zero-order chi connectivity index (χ0) is 19.7. The highest BCUT2D eigenvalue weighted by atomic mass is 16.5. The van der Waals surface area contributed by atoms with Crippen molar-refractivity contribution >= 4 is 5.65 Å². The van der Waals surface area contributed by atoms with Gasteiger partial charge in [-0.1, -0.05) is 30.3 Å². The van der Waals surface area contributed by atoms with Gasteiger partial charge >= 0.3 is 0 Å². The summed E-state index contributed by atoms with van der Waals surface area (Å²) in [4.78, 5) is 9.46. The molecule has 3 heterocycles. The van der Waals surface area contributed by atoms with E-state index in [1.165, 1.54) is 0 Å². The van der Waals surface area contributed by atoms with E-state index in [-0.39, 0.29) is 6.04 Å². The number of hydrogen-bond acceptors (Lipinski definition) is 5. The van der Waals surface area contributed by atoms with Crippen LogP contribution in [0.15, 0.2) is 42.5 Å². The second-order valence-corrected chi connectivity index (χ2v) is 7.06. The van der Waals surface area contributed by atoms with E-state index < -0.39 is 0 Å². The number of pyridine rings is 1. The Morgan fingerprint density at radius 1 is 0.964 bits per heavy atom. The molecule has 0 aliphatic rings. The number of rotatable bonds is 6. The van der Waals surface area contributed by atoms with Gasteiger partial charge in [-0.05, 0) is 32.9 Å². The second-order valence-electron chi connectivity index (χ2n) is 7.06. The molecule has 7 heteroatoms. The molecule has 4 aromatic rings. The number of nitrogens with zero attached hydrogens (tertiary/aromatic N) is 6. The Hall–Kier alpha value is -3.22. The molecule has 0 spiro atoms. The zero-order valence-electron chi connectivity index (χ0n) is 16.6. The minimum absolute atomic E-state index is 0.233. The monoisotopic (exact) mass is 376 g/mol. The third-order valence-electron chi connectivity index (χ3n) is 4.70. The van der Waals surface area contributed by atoms with E-state index in [0.29, 0.717) is 6.42 Å². The summed E-state index contributed by atoms with van der Waals surface area (Å²) in [5.41, 5.74) is 2.79. The first-order valence-electron chi connectivity index (χ1n) is 9.47. The molecule has 7 nitrogen and oxygen atoms in total. The van der Waals surface area contributed by atoms with Crippen LogP contribution in [0.5, 0.6) is 5.75 Å². The van der Waals surface area contributed by atoms with Gasteiger partial charge in [-0.25, -0.2) is 19.2 Å². The lowest BCUT2D eigenvalue weighted by Gasteiger charge is -2.08. The highest BCUT2D eigenvalue weighted by Crippen LogP contribution is 2.21. The van der Waals surface area contributed by atoms with Crippen molar-refractivity contribution in [2.45, 2.75) is 39.7 Å². The predicted molar refractivity (Wildman–Crippen MR) is 108 cm³/mol. The molecule has 3 aromatic heterocycles. The minimum atomic E-state index is 0.233. The Morgan fingerprint density at radius 3 is 2.46 bits per heavy atom. The van der Waals surface area contributed by atoms with Gasteiger partial charge in [0, 0.05) is 30.1 Å². The summed E-state index contributed by atoms with van der Waals surface area (Å²) in [6.07, 6.45) is 1.40. The van der Waals surface area contributed by atoms with Crippen molar-refractivity contribution in [2.75, 3.05) is 7.11 Å². The van der Waals surface area contributed by atoms with Gasteiger partial charge < -0.3 is 4.74 Å². The van der Waals surface area contributed by atoms with E-state index in [0.717, 1.165) is 46.5 Å². The summed E-state index contributed by atoms with van der Waals surface area (Å²) in [7, 11) is 1.65. The first-order valence-corrected chi connectivity index (χ1v) is 9.47. The van der Waals surface area contributed by atoms with Crippen LogP contribution in [0.4, 0.5) is 0 Å². The number of fused-ring (bicyclic) bond motifs is 1. The molecule has 0 atom stereocenters. The smallest absolute Gasteiger partial charge is 0.198 e. The van der Waals surface area contributed by atoms with Crippen molar-refractivity contribution in [1.82, 2.24) is 29.4 Å². The highest BCUT2D eigenvalue weighted by Gasteiger charge is 2.16. The summed E-state index contributed by atoms with van der Waals surface area (Å²) in [5, 5.41) is 9.36. The molecule has 0 aliphatic heterocycles. The average molecular weight is 376 g/mol. The molecule has 144 valence electrons. The summed E-state index contributed by atoms with van der Waals surface area (Å²) < 4.78 is 9.23. The van der Waals surface area contributed by atoms with E-state index in [1.54, 1.807) is 7.11 Å². The maximum Gasteiger partial charge on any atom is 0.198 e. The molecule has 28 heavy (non-hydrogen) atoms. The van der Waals surface area contributed by atoms with Crippen molar-refractivity contribution in [3.8, 4) is 17.1 Å². The number of aryl methyl sites for hydroxylation is 3. The molecule has 0 bridgehead atoms. The standard InChI is InChI=1S/C21H24N6O/c1-14(2)26-19(23-20(25-26)16-8-6-5-7-9-16)13-12-18-22-21-17(28-4)11-10-15(3)27(21)24-18/h5-11,14H,12-13H2,1-4H3. The Kier molecular flexibility index (Phi) is 4.81. The Labute approximate surface area is 164 Å². The lowest BCUT2D eigenvalue weighted by atomic mass is 10.2. The van der Waals surface area contributed by atoms with Gasteiger partial charge in [-0.3, -0.25) is 0 Å². The topological polar surface area (TPSA) is 70.1 Å². The minimum Gasteiger partial charge on any atom is -0.493 e. The molecule has 0 fully saturated rings. The van der Waals surface area contributed by atoms with Crippen molar-refractivity contribution in [3.05, 3.63) is 59.8 Å². The van der Waals surface area contributed by atoms with Crippen LogP contribution < -0.4 is 4.74 Å². The fourth-order valence-corrected chi connectivity index (χ4v) is 3.24. The third kappa shape index (κ3) is 3.35. The molecule has 0 amide bonds. The van der Waals surface area contributed by atoms with Crippen LogP contribution in [-0.2, 0) is 12.8 Å². The molecule has 0 unspecified atom stereocenters. The second kappa shape index (κ2) is 7.42. The van der Waals surface area contributed by atoms with Gasteiger partial charge in [-0.15, -0.1) is 0 Å². The van der Waals surface area contributed by atoms with Crippen LogP contribution in [-0.4, -0.2) is 36.5 Å². The van der Waals surface area contributed by atoms with Crippen molar-refractivity contribution < 1.29 is 4.74 Å². The highest BCUT2D eigenvalue weighted by molar-refractivity contribution is 5.55. The largest absolute Gasteiger partial charge is 0.493 e. The SMILES string of the molecule is COc1ccc(C)n2nc(CCc3nc(-c4ccccc4)nn3C(C)C)nc12. The normalized spacial score (nSPS) is 11.5. The summed E-state index contributed by atoms with van der Waals surface area (Å²) in [6, 6.07) is 14.2. The van der Waals surface area contributed by atoms with Crippen molar-refractivity contribution in [2.24, 2.45) is 0 Å². The molecular formula is C21H24N6O. The first-order chi connectivity index (χ1) is 13.6. The van der Waals surface area contributed by atoms with Crippen LogP contribution in [0, 0.1) is 6.92 Å². The molecule has 4 rings (SSSR count). The van der Waals surface area contributed by atoms with Gasteiger partial charge in [-0.2, -0.15) is 10.2 Å². The fraction of sp³-hybridized carbons (Fsp3) is 0.333. The molecule has 1 aromatic carbocycles. The molecule has 0 aliphatic carbocycles. The van der Waals surface area contributed by atoms with Gasteiger partial charge in [0.05, 0.1) is 7.11 Å². The summed E-state index contributed by atoms with van der Waals surface area (Å²) >= 11 is 0. The van der Waals surface area contributed by atoms with E-state index in [9.17, 15) is 0 Å². The molecular weight excluding hydrogens is 352 g/mol. The maximum absolute atomic E-state index is 5.41. The number of benzene rings is 1. The summed E-state index contributed by atoms with van der Waals surface area (Å²) in [5.74, 6) is 3.19. The summed E-state index contributed by atoms with van der Waals surface area (Å²) in [6.45, 7) is 6.24. The van der Waals surface area contributed by atoms with E-state index in [2.05, 4.69) is 23.9 Å². The number of ether oxygens (including phenoxy) is 1. The van der Waals surface area contributed by atoms with Crippen LogP contribution in [0.25, 0.3) is 17.0 Å². The zero-order valence-corrected chi connectivity index (χ0v) is 16.6. The molecule has 0 saturated carbocycles. The van der Waals surface area contributed by atoms with Crippen LogP contribution in [0.2, 0.25) is 0 Å². The maximum atomic E-state index is 5.41. The van der Waals surface area contributed by atoms with Gasteiger partial charge in [0.25, 0.3) is 0 Å². The number of methoxy groups -OCH3 is 1. The van der Waals surface area contributed by atoms with Crippen LogP contribution in [0.3, 0.4) is 0 Å². The van der Waals surface area contributed by atoms with Crippen LogP contribution >= 0.6 is 0 Å². The molecule has 0 saturated heterocycles. The average Bonchev–Trinajstić information content (AvgIpc) is 3.32. The van der Waals surface area contributed by atoms with E-state index in [4.69, 9.17) is 14.8 Å². The third-order valence-corrected chi connectivity index (χ3v) is 4.70. The van der Waals surface area contributed by atoms with Crippen LogP contribution in [0.1, 0.15) is 37.2 Å². The van der Waals surface area contributed by atoms with E-state index in [1.807, 2.05) is 58.6 Å². The van der Waals surface area contributed by atoms with Gasteiger partial charge in [0.1, 0.15) is 5.82 Å². The lowest BCUT2D eigenvalue weighted by Crippen LogP contribution is -2.09. The quantitative estimate of drug-likeness (QED) is 0.513. The first kappa shape index (κ1) is 18.2. The van der Waals surface area contributed by atoms with Crippen molar-refractivity contribution in [1.29, 1.82) is 0 Å². The van der Waals surface area contributed by atoms with Crippen molar-refractivity contribution in [3.63, 3.8) is 0 Å². The van der Waals surface area contributed by atoms with E-state index >= 15 is 0 Å². The molecule has 0 N–H and O–H groups in total. The number of hydrogen-bond donors (Lipinski definition) is 0.